The van der Waals surface area contributed by atoms with E-state index < -0.39 is 0 Å². The van der Waals surface area contributed by atoms with Crippen molar-refractivity contribution in [2.24, 2.45) is 0 Å². The first kappa shape index (κ1) is 11.8. The van der Waals surface area contributed by atoms with Crippen LogP contribution in [0.15, 0.2) is 12.1 Å². The molecule has 1 heterocycles. The molecule has 76 valence electrons. The second kappa shape index (κ2) is 5.02. The second-order valence-electron chi connectivity index (χ2n) is 3.10. The summed E-state index contributed by atoms with van der Waals surface area (Å²) in [5.41, 5.74) is 0. The van der Waals surface area contributed by atoms with Crippen LogP contribution in [0.25, 0.3) is 0 Å². The van der Waals surface area contributed by atoms with Crippen LogP contribution in [-0.4, -0.2) is 15.5 Å². The maximum absolute atomic E-state index is 11.0. The van der Waals surface area contributed by atoms with Crippen molar-refractivity contribution in [3.05, 3.63) is 21.9 Å². The number of ketones is 2. The number of halogens is 1. The maximum atomic E-state index is 11.0. The van der Waals surface area contributed by atoms with E-state index in [0.717, 1.165) is 16.2 Å². The molecule has 0 saturated carbocycles. The number of rotatable bonds is 4. The monoisotopic (exact) mass is 322 g/mol. The summed E-state index contributed by atoms with van der Waals surface area (Å²) in [5, 5.41) is 0. The van der Waals surface area contributed by atoms with Crippen LogP contribution in [0.2, 0.25) is 0 Å². The van der Waals surface area contributed by atoms with E-state index in [0.29, 0.717) is 0 Å². The van der Waals surface area contributed by atoms with Gasteiger partial charge in [0.05, 0.1) is 8.80 Å². The molecule has 1 aromatic heterocycles. The third kappa shape index (κ3) is 3.16. The predicted octanol–water partition coefficient (Wildman–Crippen LogP) is 2.89. The van der Waals surface area contributed by atoms with E-state index in [1.165, 1.54) is 11.3 Å². The van der Waals surface area contributed by atoms with Gasteiger partial charge in [-0.1, -0.05) is 22.6 Å². The summed E-state index contributed by atoms with van der Waals surface area (Å²) in [6, 6.07) is 3.75. The van der Waals surface area contributed by atoms with Crippen molar-refractivity contribution in [1.82, 2.24) is 0 Å². The maximum Gasteiger partial charge on any atom is 0.169 e. The van der Waals surface area contributed by atoms with Crippen molar-refractivity contribution in [3.8, 4) is 0 Å². The molecule has 0 aliphatic rings. The Hall–Kier alpha value is -0.230. The van der Waals surface area contributed by atoms with E-state index in [2.05, 4.69) is 22.6 Å². The van der Waals surface area contributed by atoms with Crippen LogP contribution in [-0.2, 0) is 11.2 Å². The molecule has 0 radical (unpaired) electrons. The third-order valence-electron chi connectivity index (χ3n) is 1.83. The van der Waals surface area contributed by atoms with E-state index in [9.17, 15) is 9.59 Å². The average molecular weight is 322 g/mol. The minimum Gasteiger partial charge on any atom is -0.299 e. The summed E-state index contributed by atoms with van der Waals surface area (Å²) < 4.78 is 0.0195. The van der Waals surface area contributed by atoms with Crippen LogP contribution in [0, 0.1) is 0 Å². The van der Waals surface area contributed by atoms with Crippen molar-refractivity contribution in [3.63, 3.8) is 0 Å². The predicted molar refractivity (Wildman–Crippen MR) is 66.5 cm³/mol. The molecule has 14 heavy (non-hydrogen) atoms. The summed E-state index contributed by atoms with van der Waals surface area (Å²) in [6.07, 6.45) is 0.730. The minimum absolute atomic E-state index is 0.0195. The summed E-state index contributed by atoms with van der Waals surface area (Å²) in [5.74, 6) is 0.275. The van der Waals surface area contributed by atoms with Gasteiger partial charge in [0.2, 0.25) is 0 Å². The number of carbonyl (C=O) groups excluding carboxylic acids is 2. The highest BCUT2D eigenvalue weighted by atomic mass is 127. The molecule has 0 aliphatic heterocycles. The highest BCUT2D eigenvalue weighted by Crippen LogP contribution is 2.21. The molecule has 0 saturated heterocycles. The van der Waals surface area contributed by atoms with Gasteiger partial charge in [0.1, 0.15) is 5.78 Å². The fraction of sp³-hybridized carbons (Fsp3) is 0.400. The lowest BCUT2D eigenvalue weighted by Crippen LogP contribution is -2.11. The number of hydrogen-bond acceptors (Lipinski definition) is 3. The van der Waals surface area contributed by atoms with Gasteiger partial charge in [-0.05, 0) is 26.0 Å². The van der Waals surface area contributed by atoms with Crippen molar-refractivity contribution in [2.45, 2.75) is 24.2 Å². The molecule has 0 aliphatic carbocycles. The first-order valence-electron chi connectivity index (χ1n) is 4.25. The van der Waals surface area contributed by atoms with Crippen molar-refractivity contribution < 1.29 is 9.59 Å². The topological polar surface area (TPSA) is 34.1 Å². The Kier molecular flexibility index (Phi) is 4.25. The van der Waals surface area contributed by atoms with Crippen LogP contribution < -0.4 is 0 Å². The second-order valence-corrected chi connectivity index (χ2v) is 5.78. The quantitative estimate of drug-likeness (QED) is 0.485. The molecular formula is C10H11IO2S. The first-order valence-corrected chi connectivity index (χ1v) is 6.31. The summed E-state index contributed by atoms with van der Waals surface area (Å²) >= 11 is 3.61. The van der Waals surface area contributed by atoms with Crippen LogP contribution >= 0.6 is 33.9 Å². The Bertz CT molecular complexity index is 357. The molecule has 1 atom stereocenters. The molecule has 1 rings (SSSR count). The van der Waals surface area contributed by atoms with Crippen molar-refractivity contribution in [2.75, 3.05) is 0 Å². The van der Waals surface area contributed by atoms with Crippen molar-refractivity contribution in [1.29, 1.82) is 0 Å². The number of alkyl halides is 1. The molecule has 0 spiro atoms. The SMILES string of the molecule is CC(=O)c1ccc(CC(I)C(C)=O)s1. The number of hydrogen-bond donors (Lipinski definition) is 0. The number of carbonyl (C=O) groups is 2. The molecule has 0 amide bonds. The smallest absolute Gasteiger partial charge is 0.169 e. The Morgan fingerprint density at radius 1 is 1.43 bits per heavy atom. The molecule has 1 unspecified atom stereocenters. The molecule has 0 aromatic carbocycles. The van der Waals surface area contributed by atoms with Gasteiger partial charge < -0.3 is 0 Å². The zero-order valence-corrected chi connectivity index (χ0v) is 11.0. The molecule has 0 fully saturated rings. The molecule has 1 aromatic rings. The molecule has 2 nitrogen and oxygen atoms in total. The Labute approximate surface area is 101 Å². The van der Waals surface area contributed by atoms with Crippen LogP contribution in [0.4, 0.5) is 0 Å². The molecular weight excluding hydrogens is 311 g/mol. The van der Waals surface area contributed by atoms with Gasteiger partial charge in [-0.2, -0.15) is 0 Å². The van der Waals surface area contributed by atoms with E-state index in [4.69, 9.17) is 0 Å². The van der Waals surface area contributed by atoms with E-state index in [1.54, 1.807) is 13.8 Å². The highest BCUT2D eigenvalue weighted by molar-refractivity contribution is 14.1. The van der Waals surface area contributed by atoms with Gasteiger partial charge in [0.15, 0.2) is 5.78 Å². The minimum atomic E-state index is 0.0195. The van der Waals surface area contributed by atoms with Crippen LogP contribution in [0.1, 0.15) is 28.4 Å². The first-order chi connectivity index (χ1) is 6.50. The van der Waals surface area contributed by atoms with Gasteiger partial charge in [0.25, 0.3) is 0 Å². The number of thiophene rings is 1. The Morgan fingerprint density at radius 3 is 2.50 bits per heavy atom. The lowest BCUT2D eigenvalue weighted by atomic mass is 10.2. The summed E-state index contributed by atoms with van der Waals surface area (Å²) in [4.78, 5) is 23.9. The number of Topliss-reactive ketones (excluding diaryl/α,β-unsaturated/α-hetero) is 2. The van der Waals surface area contributed by atoms with E-state index in [1.807, 2.05) is 12.1 Å². The lowest BCUT2D eigenvalue weighted by molar-refractivity contribution is -0.116. The summed E-state index contributed by atoms with van der Waals surface area (Å²) in [7, 11) is 0. The van der Waals surface area contributed by atoms with Gasteiger partial charge in [-0.25, -0.2) is 0 Å². The van der Waals surface area contributed by atoms with Gasteiger partial charge >= 0.3 is 0 Å². The van der Waals surface area contributed by atoms with E-state index >= 15 is 0 Å². The van der Waals surface area contributed by atoms with Crippen LogP contribution in [0.5, 0.6) is 0 Å². The van der Waals surface area contributed by atoms with E-state index in [-0.39, 0.29) is 15.5 Å². The molecule has 0 N–H and O–H groups in total. The lowest BCUT2D eigenvalue weighted by Gasteiger charge is -2.01. The molecule has 4 heteroatoms. The Balaban J connectivity index is 2.69. The van der Waals surface area contributed by atoms with Crippen molar-refractivity contribution >= 4 is 45.5 Å². The fourth-order valence-electron chi connectivity index (χ4n) is 0.997. The zero-order chi connectivity index (χ0) is 10.7. The molecule has 0 bridgehead atoms. The zero-order valence-electron chi connectivity index (χ0n) is 8.04. The van der Waals surface area contributed by atoms with Crippen LogP contribution in [0.3, 0.4) is 0 Å². The Morgan fingerprint density at radius 2 is 2.07 bits per heavy atom. The highest BCUT2D eigenvalue weighted by Gasteiger charge is 2.12. The summed E-state index contributed by atoms with van der Waals surface area (Å²) in [6.45, 7) is 3.15. The van der Waals surface area contributed by atoms with Gasteiger partial charge in [-0.15, -0.1) is 11.3 Å². The average Bonchev–Trinajstić information content (AvgIpc) is 2.52. The largest absolute Gasteiger partial charge is 0.299 e. The van der Waals surface area contributed by atoms with Gasteiger partial charge in [0, 0.05) is 11.3 Å². The third-order valence-corrected chi connectivity index (χ3v) is 4.36. The normalized spacial score (nSPS) is 12.5. The fourth-order valence-corrected chi connectivity index (χ4v) is 2.72. The standard InChI is InChI=1S/C10H11IO2S/c1-6(12)9(11)5-8-3-4-10(14-8)7(2)13/h3-4,9H,5H2,1-2H3. The van der Waals surface area contributed by atoms with Gasteiger partial charge in [-0.3, -0.25) is 9.59 Å².